The van der Waals surface area contributed by atoms with Gasteiger partial charge in [0, 0.05) is 11.1 Å². The molecule has 1 aliphatic carbocycles. The second-order valence-electron chi connectivity index (χ2n) is 4.21. The highest BCUT2D eigenvalue weighted by Gasteiger charge is 2.27. The Labute approximate surface area is 103 Å². The number of fused-ring (bicyclic) bond motifs is 2. The summed E-state index contributed by atoms with van der Waals surface area (Å²) < 4.78 is 28.2. The van der Waals surface area contributed by atoms with Gasteiger partial charge in [-0.3, -0.25) is 0 Å². The smallest absolute Gasteiger partial charge is 0.167 e. The van der Waals surface area contributed by atoms with Gasteiger partial charge in [0.1, 0.15) is 6.10 Å². The Hall–Kier alpha value is -2.00. The van der Waals surface area contributed by atoms with E-state index in [9.17, 15) is 13.9 Å². The molecule has 3 rings (SSSR count). The van der Waals surface area contributed by atoms with Crippen LogP contribution in [0.15, 0.2) is 48.5 Å². The number of aliphatic hydroxyl groups excluding tert-OH is 1. The molecule has 0 unspecified atom stereocenters. The average molecular weight is 244 g/mol. The van der Waals surface area contributed by atoms with E-state index in [2.05, 4.69) is 0 Å². The molecule has 0 saturated heterocycles. The lowest BCUT2D eigenvalue weighted by Gasteiger charge is -2.13. The van der Waals surface area contributed by atoms with E-state index in [1.165, 1.54) is 12.1 Å². The topological polar surface area (TPSA) is 20.2 Å². The van der Waals surface area contributed by atoms with Crippen LogP contribution in [0, 0.1) is 0 Å². The van der Waals surface area contributed by atoms with Gasteiger partial charge in [0.2, 0.25) is 0 Å². The predicted molar refractivity (Wildman–Crippen MR) is 66.0 cm³/mol. The van der Waals surface area contributed by atoms with Crippen LogP contribution in [-0.4, -0.2) is 5.11 Å². The minimum atomic E-state index is -1.02. The van der Waals surface area contributed by atoms with Crippen LogP contribution in [0.4, 0.5) is 8.78 Å². The molecule has 0 fully saturated rings. The Kier molecular flexibility index (Phi) is 2.49. The molecule has 0 atom stereocenters. The summed E-state index contributed by atoms with van der Waals surface area (Å²) in [5.74, 6) is -1.84. The van der Waals surface area contributed by atoms with Crippen LogP contribution in [0.1, 0.15) is 28.4 Å². The normalized spacial score (nSPS) is 15.1. The summed E-state index contributed by atoms with van der Waals surface area (Å²) in [4.78, 5) is 0. The van der Waals surface area contributed by atoms with E-state index < -0.39 is 17.8 Å². The average Bonchev–Trinajstić information content (AvgIpc) is 2.51. The van der Waals surface area contributed by atoms with Crippen molar-refractivity contribution < 1.29 is 13.9 Å². The lowest BCUT2D eigenvalue weighted by Crippen LogP contribution is -2.02. The Morgan fingerprint density at radius 1 is 0.722 bits per heavy atom. The fourth-order valence-electron chi connectivity index (χ4n) is 2.27. The highest BCUT2D eigenvalue weighted by Crippen LogP contribution is 2.41. The minimum Gasteiger partial charge on any atom is -0.384 e. The summed E-state index contributed by atoms with van der Waals surface area (Å²) in [6.45, 7) is 0. The third-order valence-electron chi connectivity index (χ3n) is 3.18. The van der Waals surface area contributed by atoms with Gasteiger partial charge < -0.3 is 5.11 Å². The van der Waals surface area contributed by atoms with Crippen LogP contribution >= 0.6 is 0 Å². The molecule has 3 heteroatoms. The highest BCUT2D eigenvalue weighted by atomic mass is 19.2. The summed E-state index contributed by atoms with van der Waals surface area (Å²) in [5.41, 5.74) is 0.989. The summed E-state index contributed by atoms with van der Waals surface area (Å²) in [7, 11) is 0. The minimum absolute atomic E-state index is 0.110. The largest absolute Gasteiger partial charge is 0.384 e. The summed E-state index contributed by atoms with van der Waals surface area (Å²) in [6, 6.07) is 12.8. The van der Waals surface area contributed by atoms with Crippen molar-refractivity contribution in [3.05, 3.63) is 70.8 Å². The lowest BCUT2D eigenvalue weighted by molar-refractivity contribution is 0.219. The van der Waals surface area contributed by atoms with Gasteiger partial charge in [0.05, 0.1) is 0 Å². The fourth-order valence-corrected chi connectivity index (χ4v) is 2.27. The second kappa shape index (κ2) is 4.03. The predicted octanol–water partition coefficient (Wildman–Crippen LogP) is 3.85. The molecule has 1 aliphatic rings. The van der Waals surface area contributed by atoms with Crippen molar-refractivity contribution >= 4 is 11.7 Å². The van der Waals surface area contributed by atoms with E-state index in [1.807, 2.05) is 0 Å². The molecule has 0 heterocycles. The number of benzene rings is 2. The van der Waals surface area contributed by atoms with Gasteiger partial charge in [-0.1, -0.05) is 48.5 Å². The molecule has 1 nitrogen and oxygen atoms in total. The van der Waals surface area contributed by atoms with Gasteiger partial charge in [-0.25, -0.2) is 8.78 Å². The zero-order valence-corrected chi connectivity index (χ0v) is 9.40. The summed E-state index contributed by atoms with van der Waals surface area (Å²) >= 11 is 0. The first kappa shape index (κ1) is 11.1. The van der Waals surface area contributed by atoms with Crippen LogP contribution in [0.5, 0.6) is 0 Å². The Bertz CT molecular complexity index is 591. The first-order valence-corrected chi connectivity index (χ1v) is 5.62. The zero-order chi connectivity index (χ0) is 12.7. The van der Waals surface area contributed by atoms with Crippen LogP contribution in [0.25, 0.3) is 11.7 Å². The van der Waals surface area contributed by atoms with E-state index in [0.29, 0.717) is 11.1 Å². The van der Waals surface area contributed by atoms with Gasteiger partial charge in [0.25, 0.3) is 0 Å². The molecule has 0 amide bonds. The van der Waals surface area contributed by atoms with E-state index >= 15 is 0 Å². The Balaban J connectivity index is 2.39. The van der Waals surface area contributed by atoms with E-state index in [-0.39, 0.29) is 11.1 Å². The maximum absolute atomic E-state index is 14.1. The Morgan fingerprint density at radius 2 is 1.11 bits per heavy atom. The number of halogens is 2. The van der Waals surface area contributed by atoms with Crippen LogP contribution in [0.3, 0.4) is 0 Å². The van der Waals surface area contributed by atoms with Gasteiger partial charge >= 0.3 is 0 Å². The second-order valence-corrected chi connectivity index (χ2v) is 4.21. The van der Waals surface area contributed by atoms with Crippen molar-refractivity contribution in [2.75, 3.05) is 0 Å². The van der Waals surface area contributed by atoms with Gasteiger partial charge in [-0.05, 0) is 11.1 Å². The quantitative estimate of drug-likeness (QED) is 0.746. The van der Waals surface area contributed by atoms with E-state index in [0.717, 1.165) is 0 Å². The standard InChI is InChI=1S/C15H10F2O/c16-13-9-5-1-3-7-11(9)15(18)12-8-4-2-6-10(12)14(13)17/h1-8,15,18H. The molecule has 2 aromatic rings. The summed E-state index contributed by atoms with van der Waals surface area (Å²) in [5, 5.41) is 10.3. The molecule has 0 aromatic heterocycles. The number of hydrogen-bond donors (Lipinski definition) is 1. The van der Waals surface area contributed by atoms with Crippen LogP contribution in [-0.2, 0) is 0 Å². The first-order valence-electron chi connectivity index (χ1n) is 5.62. The fraction of sp³-hybridized carbons (Fsp3) is 0.0667. The Morgan fingerprint density at radius 3 is 1.56 bits per heavy atom. The molecule has 1 N–H and O–H groups in total. The number of rotatable bonds is 0. The van der Waals surface area contributed by atoms with Crippen molar-refractivity contribution in [1.82, 2.24) is 0 Å². The van der Waals surface area contributed by atoms with Gasteiger partial charge in [-0.15, -0.1) is 0 Å². The molecule has 0 radical (unpaired) electrons. The maximum Gasteiger partial charge on any atom is 0.167 e. The van der Waals surface area contributed by atoms with Crippen molar-refractivity contribution in [3.8, 4) is 0 Å². The van der Waals surface area contributed by atoms with Gasteiger partial charge in [-0.2, -0.15) is 0 Å². The van der Waals surface area contributed by atoms with Crippen molar-refractivity contribution in [3.63, 3.8) is 0 Å². The van der Waals surface area contributed by atoms with Crippen LogP contribution < -0.4 is 0 Å². The van der Waals surface area contributed by atoms with E-state index in [4.69, 9.17) is 0 Å². The monoisotopic (exact) mass is 244 g/mol. The SMILES string of the molecule is OC1c2ccccc2C(F)=C(F)c2ccccc21. The third-order valence-corrected chi connectivity index (χ3v) is 3.18. The molecule has 2 aromatic carbocycles. The zero-order valence-electron chi connectivity index (χ0n) is 9.40. The van der Waals surface area contributed by atoms with Gasteiger partial charge in [0.15, 0.2) is 11.7 Å². The first-order chi connectivity index (χ1) is 8.70. The maximum atomic E-state index is 14.1. The number of aliphatic hydroxyl groups is 1. The van der Waals surface area contributed by atoms with Crippen molar-refractivity contribution in [2.24, 2.45) is 0 Å². The number of hydrogen-bond acceptors (Lipinski definition) is 1. The molecule has 0 spiro atoms. The lowest BCUT2D eigenvalue weighted by atomic mass is 9.97. The molecular formula is C15H10F2O. The van der Waals surface area contributed by atoms with Crippen LogP contribution in [0.2, 0.25) is 0 Å². The molecular weight excluding hydrogens is 234 g/mol. The molecule has 90 valence electrons. The van der Waals surface area contributed by atoms with Crippen molar-refractivity contribution in [1.29, 1.82) is 0 Å². The molecule has 0 bridgehead atoms. The van der Waals surface area contributed by atoms with E-state index in [1.54, 1.807) is 36.4 Å². The third kappa shape index (κ3) is 1.48. The molecule has 0 saturated carbocycles. The highest BCUT2D eigenvalue weighted by molar-refractivity contribution is 5.87. The van der Waals surface area contributed by atoms with Crippen molar-refractivity contribution in [2.45, 2.75) is 6.10 Å². The molecule has 18 heavy (non-hydrogen) atoms. The summed E-state index contributed by atoms with van der Waals surface area (Å²) in [6.07, 6.45) is -1.02. The molecule has 0 aliphatic heterocycles.